The van der Waals surface area contributed by atoms with Crippen LogP contribution >= 0.6 is 0 Å². The average molecular weight is 518 g/mol. The summed E-state index contributed by atoms with van der Waals surface area (Å²) in [4.78, 5) is 33.1. The van der Waals surface area contributed by atoms with E-state index in [1.165, 1.54) is 12.1 Å². The van der Waals surface area contributed by atoms with Gasteiger partial charge in [-0.1, -0.05) is 24.3 Å². The van der Waals surface area contributed by atoms with E-state index < -0.39 is 12.0 Å². The first kappa shape index (κ1) is 25.6. The highest BCUT2D eigenvalue weighted by molar-refractivity contribution is 5.97. The average Bonchev–Trinajstić information content (AvgIpc) is 2.97. The molecule has 2 amide bonds. The van der Waals surface area contributed by atoms with Gasteiger partial charge in [0.25, 0.3) is 0 Å². The van der Waals surface area contributed by atoms with Crippen molar-refractivity contribution in [3.05, 3.63) is 84.2 Å². The summed E-state index contributed by atoms with van der Waals surface area (Å²) in [5, 5.41) is 0. The van der Waals surface area contributed by atoms with Crippen LogP contribution in [0.3, 0.4) is 0 Å². The minimum absolute atomic E-state index is 0.0185. The fourth-order valence-corrected chi connectivity index (χ4v) is 5.53. The maximum atomic E-state index is 14.0. The third-order valence-electron chi connectivity index (χ3n) is 7.49. The van der Waals surface area contributed by atoms with E-state index in [1.807, 2.05) is 41.3 Å². The maximum absolute atomic E-state index is 14.0. The number of piperazine rings is 1. The van der Waals surface area contributed by atoms with Gasteiger partial charge in [-0.25, -0.2) is 4.39 Å². The van der Waals surface area contributed by atoms with E-state index in [-0.39, 0.29) is 24.1 Å². The van der Waals surface area contributed by atoms with E-state index in [0.29, 0.717) is 44.0 Å². The van der Waals surface area contributed by atoms with Gasteiger partial charge in [-0.2, -0.15) is 0 Å². The maximum Gasteiger partial charge on any atom is 0.228 e. The number of benzene rings is 3. The van der Waals surface area contributed by atoms with Gasteiger partial charge in [-0.15, -0.1) is 0 Å². The van der Waals surface area contributed by atoms with Gasteiger partial charge in [0.15, 0.2) is 0 Å². The number of anilines is 2. The first-order chi connectivity index (χ1) is 18.5. The summed E-state index contributed by atoms with van der Waals surface area (Å²) in [6.45, 7) is 2.50. The fraction of sp³-hybridized carbons (Fsp3) is 0.333. The predicted octanol–water partition coefficient (Wildman–Crippen LogP) is 4.68. The number of carbonyl (C=O) groups is 2. The molecular weight excluding hydrogens is 485 g/mol. The van der Waals surface area contributed by atoms with Crippen molar-refractivity contribution in [2.24, 2.45) is 5.92 Å². The molecule has 2 atom stereocenters. The van der Waals surface area contributed by atoms with E-state index in [4.69, 9.17) is 9.47 Å². The second kappa shape index (κ2) is 11.1. The number of rotatable bonds is 6. The molecule has 198 valence electrons. The lowest BCUT2D eigenvalue weighted by atomic mass is 9.82. The number of methoxy groups -OCH3 is 2. The van der Waals surface area contributed by atoms with Crippen LogP contribution in [-0.2, 0) is 9.59 Å². The summed E-state index contributed by atoms with van der Waals surface area (Å²) in [7, 11) is 3.25. The molecule has 0 radical (unpaired) electrons. The van der Waals surface area contributed by atoms with E-state index in [0.717, 1.165) is 17.0 Å². The number of ether oxygens (including phenoxy) is 2. The molecule has 5 rings (SSSR count). The number of piperidine rings is 1. The van der Waals surface area contributed by atoms with Gasteiger partial charge in [-0.05, 0) is 60.5 Å². The molecule has 38 heavy (non-hydrogen) atoms. The van der Waals surface area contributed by atoms with Crippen molar-refractivity contribution in [1.29, 1.82) is 0 Å². The Hall–Kier alpha value is -4.07. The Bertz CT molecular complexity index is 1270. The topological polar surface area (TPSA) is 62.3 Å². The number of nitrogens with zero attached hydrogens (tertiary/aromatic N) is 3. The van der Waals surface area contributed by atoms with Crippen LogP contribution < -0.4 is 19.3 Å². The van der Waals surface area contributed by atoms with Gasteiger partial charge in [0.2, 0.25) is 11.8 Å². The molecule has 0 aliphatic carbocycles. The first-order valence-electron chi connectivity index (χ1n) is 12.9. The van der Waals surface area contributed by atoms with Crippen molar-refractivity contribution in [2.45, 2.75) is 18.9 Å². The first-order valence-corrected chi connectivity index (χ1v) is 12.9. The lowest BCUT2D eigenvalue weighted by Crippen LogP contribution is -2.54. The second-order valence-electron chi connectivity index (χ2n) is 9.59. The Labute approximate surface area is 222 Å². The molecule has 0 N–H and O–H groups in total. The number of para-hydroxylation sites is 2. The summed E-state index contributed by atoms with van der Waals surface area (Å²) in [6, 6.07) is 20.7. The molecule has 3 aromatic rings. The van der Waals surface area contributed by atoms with Crippen LogP contribution in [0.5, 0.6) is 11.5 Å². The molecule has 8 heteroatoms. The lowest BCUT2D eigenvalue weighted by Gasteiger charge is -2.44. The van der Waals surface area contributed by atoms with Gasteiger partial charge in [0.05, 0.1) is 31.9 Å². The molecule has 0 bridgehead atoms. The van der Waals surface area contributed by atoms with Crippen molar-refractivity contribution in [3.8, 4) is 11.5 Å². The third kappa shape index (κ3) is 5.03. The van der Waals surface area contributed by atoms with E-state index in [1.54, 1.807) is 43.4 Å². The zero-order valence-corrected chi connectivity index (χ0v) is 21.7. The van der Waals surface area contributed by atoms with Gasteiger partial charge < -0.3 is 24.2 Å². The van der Waals surface area contributed by atoms with Crippen molar-refractivity contribution < 1.29 is 23.5 Å². The van der Waals surface area contributed by atoms with Crippen molar-refractivity contribution >= 4 is 23.2 Å². The zero-order chi connectivity index (χ0) is 26.6. The van der Waals surface area contributed by atoms with Crippen molar-refractivity contribution in [1.82, 2.24) is 4.90 Å². The number of amides is 2. The third-order valence-corrected chi connectivity index (χ3v) is 7.49. The van der Waals surface area contributed by atoms with Crippen LogP contribution in [0.15, 0.2) is 72.8 Å². The van der Waals surface area contributed by atoms with E-state index in [2.05, 4.69) is 4.90 Å². The molecule has 2 saturated heterocycles. The Morgan fingerprint density at radius 2 is 1.55 bits per heavy atom. The van der Waals surface area contributed by atoms with Crippen LogP contribution in [0.4, 0.5) is 15.8 Å². The van der Waals surface area contributed by atoms with Crippen LogP contribution in [0.1, 0.15) is 24.4 Å². The van der Waals surface area contributed by atoms with Crippen LogP contribution in [0.2, 0.25) is 0 Å². The van der Waals surface area contributed by atoms with Crippen LogP contribution in [0.25, 0.3) is 0 Å². The lowest BCUT2D eigenvalue weighted by molar-refractivity contribution is -0.138. The Kier molecular flexibility index (Phi) is 7.49. The van der Waals surface area contributed by atoms with Gasteiger partial charge in [0.1, 0.15) is 17.3 Å². The molecular formula is C30H32FN3O4. The highest BCUT2D eigenvalue weighted by Crippen LogP contribution is 2.41. The van der Waals surface area contributed by atoms with Gasteiger partial charge >= 0.3 is 0 Å². The molecule has 7 nitrogen and oxygen atoms in total. The standard InChI is InChI=1S/C30H32FN3O4/c1-37-24-13-11-23(12-14-24)34-28(35)16-15-25(29(34)21-7-9-22(31)10-8-21)30(36)33-19-17-32(18-20-33)26-5-3-4-6-27(26)38-2/h3-14,25,29H,15-20H2,1-2H3/t25-,29-/m1/s1. The summed E-state index contributed by atoms with van der Waals surface area (Å²) in [5.41, 5.74) is 2.44. The smallest absolute Gasteiger partial charge is 0.228 e. The molecule has 0 unspecified atom stereocenters. The molecule has 3 aromatic carbocycles. The molecule has 0 saturated carbocycles. The predicted molar refractivity (Wildman–Crippen MR) is 144 cm³/mol. The Morgan fingerprint density at radius 3 is 2.21 bits per heavy atom. The van der Waals surface area contributed by atoms with Crippen molar-refractivity contribution in [3.63, 3.8) is 0 Å². The van der Waals surface area contributed by atoms with Crippen LogP contribution in [-0.4, -0.2) is 57.1 Å². The molecule has 2 heterocycles. The summed E-state index contributed by atoms with van der Waals surface area (Å²) < 4.78 is 24.6. The summed E-state index contributed by atoms with van der Waals surface area (Å²) >= 11 is 0. The second-order valence-corrected chi connectivity index (χ2v) is 9.59. The van der Waals surface area contributed by atoms with Gasteiger partial charge in [0, 0.05) is 38.3 Å². The monoisotopic (exact) mass is 517 g/mol. The Balaban J connectivity index is 1.41. The molecule has 2 aliphatic heterocycles. The van der Waals surface area contributed by atoms with Crippen molar-refractivity contribution in [2.75, 3.05) is 50.2 Å². The minimum Gasteiger partial charge on any atom is -0.497 e. The number of hydrogen-bond acceptors (Lipinski definition) is 5. The number of halogens is 1. The molecule has 2 aliphatic rings. The zero-order valence-electron chi connectivity index (χ0n) is 21.7. The molecule has 0 aromatic heterocycles. The minimum atomic E-state index is -0.537. The number of carbonyl (C=O) groups excluding carboxylic acids is 2. The van der Waals surface area contributed by atoms with Gasteiger partial charge in [-0.3, -0.25) is 9.59 Å². The quantitative estimate of drug-likeness (QED) is 0.475. The summed E-state index contributed by atoms with van der Waals surface area (Å²) in [6.07, 6.45) is 0.709. The largest absolute Gasteiger partial charge is 0.497 e. The number of hydrogen-bond donors (Lipinski definition) is 0. The molecule has 2 fully saturated rings. The normalized spacial score (nSPS) is 19.9. The fourth-order valence-electron chi connectivity index (χ4n) is 5.53. The van der Waals surface area contributed by atoms with E-state index >= 15 is 0 Å². The highest BCUT2D eigenvalue weighted by Gasteiger charge is 2.43. The Morgan fingerprint density at radius 1 is 0.868 bits per heavy atom. The molecule has 0 spiro atoms. The summed E-state index contributed by atoms with van der Waals surface area (Å²) in [5.74, 6) is 0.640. The van der Waals surface area contributed by atoms with E-state index in [9.17, 15) is 14.0 Å². The van der Waals surface area contributed by atoms with Crippen LogP contribution in [0, 0.1) is 11.7 Å². The SMILES string of the molecule is COc1ccc(N2C(=O)CC[C@@H](C(=O)N3CCN(c4ccccc4OC)CC3)[C@H]2c2ccc(F)cc2)cc1. The highest BCUT2D eigenvalue weighted by atomic mass is 19.1.